The number of hydrogen-bond acceptors (Lipinski definition) is 3. The predicted molar refractivity (Wildman–Crippen MR) is 49.8 cm³/mol. The largest absolute Gasteiger partial charge is 0.573 e. The number of hydrogen-bond donors (Lipinski definition) is 0. The minimum Gasteiger partial charge on any atom is -0.404 e. The molecule has 0 aliphatic carbocycles. The summed E-state index contributed by atoms with van der Waals surface area (Å²) in [5.74, 6) is -2.16. The lowest BCUT2D eigenvalue weighted by molar-refractivity contribution is -0.275. The first-order chi connectivity index (χ1) is 7.87. The number of ether oxygens (including phenoxy) is 1. The molecule has 0 unspecified atom stereocenters. The quantitative estimate of drug-likeness (QED) is 0.481. The van der Waals surface area contributed by atoms with Crippen LogP contribution in [0.5, 0.6) is 5.75 Å². The van der Waals surface area contributed by atoms with Gasteiger partial charge >= 0.3 is 6.36 Å². The summed E-state index contributed by atoms with van der Waals surface area (Å²) in [5, 5.41) is 8.36. The Kier molecular flexibility index (Phi) is 4.12. The van der Waals surface area contributed by atoms with E-state index in [0.29, 0.717) is 0 Å². The monoisotopic (exact) mass is 268 g/mol. The molecular formula is C9H5ClF4N2O. The molecule has 92 valence electrons. The van der Waals surface area contributed by atoms with Gasteiger partial charge in [-0.15, -0.1) is 24.8 Å². The van der Waals surface area contributed by atoms with E-state index in [9.17, 15) is 17.6 Å². The molecule has 0 atom stereocenters. The Bertz CT molecular complexity index is 456. The number of halogens is 5. The molecule has 0 spiro atoms. The van der Waals surface area contributed by atoms with Gasteiger partial charge in [-0.2, -0.15) is 9.65 Å². The molecule has 8 heteroatoms. The summed E-state index contributed by atoms with van der Waals surface area (Å²) in [7, 11) is 0. The average molecular weight is 269 g/mol. The van der Waals surface area contributed by atoms with Gasteiger partial charge in [-0.25, -0.2) is 4.98 Å². The molecule has 0 radical (unpaired) electrons. The van der Waals surface area contributed by atoms with Gasteiger partial charge in [0.05, 0.1) is 18.4 Å². The molecule has 1 aromatic rings. The highest BCUT2D eigenvalue weighted by molar-refractivity contribution is 6.17. The lowest BCUT2D eigenvalue weighted by Gasteiger charge is -2.12. The van der Waals surface area contributed by atoms with Gasteiger partial charge in [0, 0.05) is 5.56 Å². The maximum atomic E-state index is 13.2. The third-order valence-corrected chi connectivity index (χ3v) is 1.96. The Morgan fingerprint density at radius 1 is 1.47 bits per heavy atom. The molecule has 0 amide bonds. The van der Waals surface area contributed by atoms with Crippen molar-refractivity contribution >= 4 is 11.6 Å². The van der Waals surface area contributed by atoms with Crippen LogP contribution in [0.2, 0.25) is 0 Å². The first-order valence-electron chi connectivity index (χ1n) is 4.24. The molecular weight excluding hydrogens is 264 g/mol. The van der Waals surface area contributed by atoms with E-state index in [4.69, 9.17) is 16.9 Å². The van der Waals surface area contributed by atoms with Crippen LogP contribution in [-0.2, 0) is 12.3 Å². The summed E-state index contributed by atoms with van der Waals surface area (Å²) in [5.41, 5.74) is -0.649. The topological polar surface area (TPSA) is 45.9 Å². The lowest BCUT2D eigenvalue weighted by atomic mass is 10.2. The Balaban J connectivity index is 3.18. The molecule has 3 nitrogen and oxygen atoms in total. The Labute approximate surface area is 98.6 Å². The lowest BCUT2D eigenvalue weighted by Crippen LogP contribution is -2.19. The van der Waals surface area contributed by atoms with Crippen LogP contribution in [0.4, 0.5) is 17.6 Å². The third-order valence-electron chi connectivity index (χ3n) is 1.71. The minimum atomic E-state index is -4.93. The summed E-state index contributed by atoms with van der Waals surface area (Å²) in [6.45, 7) is 0. The molecule has 0 bridgehead atoms. The first kappa shape index (κ1) is 13.5. The van der Waals surface area contributed by atoms with E-state index in [-0.39, 0.29) is 11.3 Å². The van der Waals surface area contributed by atoms with Crippen LogP contribution in [0.3, 0.4) is 0 Å². The molecule has 0 saturated carbocycles. The third kappa shape index (κ3) is 3.75. The van der Waals surface area contributed by atoms with E-state index >= 15 is 0 Å². The van der Waals surface area contributed by atoms with Crippen molar-refractivity contribution in [1.29, 1.82) is 5.26 Å². The van der Waals surface area contributed by atoms with E-state index < -0.39 is 30.4 Å². The fraction of sp³-hybridized carbons (Fsp3) is 0.333. The normalized spacial score (nSPS) is 11.1. The fourth-order valence-electron chi connectivity index (χ4n) is 1.06. The molecule has 0 fully saturated rings. The molecule has 1 aromatic heterocycles. The van der Waals surface area contributed by atoms with Crippen molar-refractivity contribution in [3.8, 4) is 11.8 Å². The SMILES string of the molecule is N#CCc1cc(OC(F)(F)F)c(CCl)nc1F. The Hall–Kier alpha value is -1.55. The zero-order valence-corrected chi connectivity index (χ0v) is 8.94. The summed E-state index contributed by atoms with van der Waals surface area (Å²) >= 11 is 5.32. The minimum absolute atomic E-state index is 0.277. The zero-order valence-electron chi connectivity index (χ0n) is 8.18. The second kappa shape index (κ2) is 5.19. The average Bonchev–Trinajstić information content (AvgIpc) is 2.20. The zero-order chi connectivity index (χ0) is 13.1. The summed E-state index contributed by atoms with van der Waals surface area (Å²) in [6.07, 6.45) is -5.33. The van der Waals surface area contributed by atoms with Crippen molar-refractivity contribution in [2.75, 3.05) is 0 Å². The van der Waals surface area contributed by atoms with Crippen LogP contribution < -0.4 is 4.74 Å². The van der Waals surface area contributed by atoms with Gasteiger partial charge in [-0.3, -0.25) is 0 Å². The van der Waals surface area contributed by atoms with Crippen LogP contribution in [0.1, 0.15) is 11.3 Å². The molecule has 1 heterocycles. The molecule has 0 saturated heterocycles. The van der Waals surface area contributed by atoms with Gasteiger partial charge in [0.15, 0.2) is 5.75 Å². The van der Waals surface area contributed by atoms with E-state index in [1.807, 2.05) is 0 Å². The molecule has 0 aliphatic heterocycles. The smallest absolute Gasteiger partial charge is 0.404 e. The van der Waals surface area contributed by atoms with Crippen LogP contribution in [0.25, 0.3) is 0 Å². The molecule has 17 heavy (non-hydrogen) atoms. The van der Waals surface area contributed by atoms with Gasteiger partial charge in [0.25, 0.3) is 0 Å². The Morgan fingerprint density at radius 3 is 2.59 bits per heavy atom. The second-order valence-electron chi connectivity index (χ2n) is 2.90. The number of alkyl halides is 4. The molecule has 0 aromatic carbocycles. The van der Waals surface area contributed by atoms with Crippen LogP contribution >= 0.6 is 11.6 Å². The van der Waals surface area contributed by atoms with Crippen molar-refractivity contribution in [2.24, 2.45) is 0 Å². The maximum absolute atomic E-state index is 13.2. The standard InChI is InChI=1S/C9H5ClF4N2O/c10-4-6-7(17-9(12,13)14)3-5(1-2-15)8(11)16-6/h3H,1,4H2. The van der Waals surface area contributed by atoms with Gasteiger partial charge < -0.3 is 4.74 Å². The van der Waals surface area contributed by atoms with Gasteiger partial charge in [-0.1, -0.05) is 0 Å². The highest BCUT2D eigenvalue weighted by Crippen LogP contribution is 2.28. The van der Waals surface area contributed by atoms with E-state index in [1.165, 1.54) is 0 Å². The number of nitrogens with zero attached hydrogens (tertiary/aromatic N) is 2. The van der Waals surface area contributed by atoms with Crippen molar-refractivity contribution < 1.29 is 22.3 Å². The maximum Gasteiger partial charge on any atom is 0.573 e. The van der Waals surface area contributed by atoms with Crippen molar-refractivity contribution in [1.82, 2.24) is 4.98 Å². The molecule has 0 aliphatic rings. The summed E-state index contributed by atoms with van der Waals surface area (Å²) in [4.78, 5) is 3.22. The number of rotatable bonds is 3. The highest BCUT2D eigenvalue weighted by atomic mass is 35.5. The van der Waals surface area contributed by atoms with E-state index in [0.717, 1.165) is 6.07 Å². The number of nitriles is 1. The van der Waals surface area contributed by atoms with Crippen molar-refractivity contribution in [2.45, 2.75) is 18.7 Å². The van der Waals surface area contributed by atoms with Crippen molar-refractivity contribution in [3.05, 3.63) is 23.3 Å². The van der Waals surface area contributed by atoms with Gasteiger partial charge in [0.2, 0.25) is 5.95 Å². The predicted octanol–water partition coefficient (Wildman–Crippen LogP) is 2.92. The molecule has 1 rings (SSSR count). The van der Waals surface area contributed by atoms with E-state index in [2.05, 4.69) is 9.72 Å². The van der Waals surface area contributed by atoms with E-state index in [1.54, 1.807) is 6.07 Å². The summed E-state index contributed by atoms with van der Waals surface area (Å²) in [6, 6.07) is 2.38. The number of aromatic nitrogens is 1. The van der Waals surface area contributed by atoms with Gasteiger partial charge in [0.1, 0.15) is 5.69 Å². The molecule has 0 N–H and O–H groups in total. The summed E-state index contributed by atoms with van der Waals surface area (Å²) < 4.78 is 52.9. The van der Waals surface area contributed by atoms with Gasteiger partial charge in [-0.05, 0) is 6.07 Å². The van der Waals surface area contributed by atoms with Crippen LogP contribution in [0, 0.1) is 17.3 Å². The first-order valence-corrected chi connectivity index (χ1v) is 4.77. The second-order valence-corrected chi connectivity index (χ2v) is 3.17. The highest BCUT2D eigenvalue weighted by Gasteiger charge is 2.32. The van der Waals surface area contributed by atoms with Crippen molar-refractivity contribution in [3.63, 3.8) is 0 Å². The number of pyridine rings is 1. The van der Waals surface area contributed by atoms with Crippen LogP contribution in [0.15, 0.2) is 6.07 Å². The Morgan fingerprint density at radius 2 is 2.12 bits per heavy atom. The van der Waals surface area contributed by atoms with Crippen LogP contribution in [-0.4, -0.2) is 11.3 Å². The fourth-order valence-corrected chi connectivity index (χ4v) is 1.26.